The van der Waals surface area contributed by atoms with E-state index >= 15 is 0 Å². The van der Waals surface area contributed by atoms with Crippen LogP contribution in [-0.2, 0) is 13.5 Å². The molecule has 4 nitrogen and oxygen atoms in total. The summed E-state index contributed by atoms with van der Waals surface area (Å²) in [5.74, 6) is 1.29. The Hall–Kier alpha value is -1.03. The summed E-state index contributed by atoms with van der Waals surface area (Å²) in [7, 11) is 2.05. The van der Waals surface area contributed by atoms with Gasteiger partial charge in [-0.25, -0.2) is 0 Å². The van der Waals surface area contributed by atoms with Crippen molar-refractivity contribution in [2.75, 3.05) is 11.4 Å². The summed E-state index contributed by atoms with van der Waals surface area (Å²) in [5.41, 5.74) is 8.44. The summed E-state index contributed by atoms with van der Waals surface area (Å²) in [6.07, 6.45) is 4.82. The first-order valence-corrected chi connectivity index (χ1v) is 7.05. The van der Waals surface area contributed by atoms with Crippen LogP contribution in [0, 0.1) is 6.92 Å². The van der Waals surface area contributed by atoms with Gasteiger partial charge in [-0.15, -0.1) is 0 Å². The molecular formula is C14H26N4. The predicted molar refractivity (Wildman–Crippen MR) is 76.0 cm³/mol. The third kappa shape index (κ3) is 2.53. The third-order valence-electron chi connectivity index (χ3n) is 3.91. The van der Waals surface area contributed by atoms with E-state index in [-0.39, 0.29) is 6.04 Å². The van der Waals surface area contributed by atoms with Crippen LogP contribution in [-0.4, -0.2) is 28.4 Å². The molecule has 1 aromatic rings. The molecule has 0 bridgehead atoms. The van der Waals surface area contributed by atoms with Crippen molar-refractivity contribution in [2.24, 2.45) is 12.8 Å². The van der Waals surface area contributed by atoms with Gasteiger partial charge in [-0.2, -0.15) is 5.10 Å². The highest BCUT2D eigenvalue weighted by atomic mass is 15.4. The largest absolute Gasteiger partial charge is 0.354 e. The van der Waals surface area contributed by atoms with Crippen LogP contribution >= 0.6 is 0 Å². The SMILES string of the molecule is Cc1nn(C)c(N2CCCCC2C)c1CC(C)N. The minimum atomic E-state index is 0.187. The molecule has 102 valence electrons. The lowest BCUT2D eigenvalue weighted by Crippen LogP contribution is -2.39. The van der Waals surface area contributed by atoms with E-state index in [4.69, 9.17) is 5.73 Å². The Bertz CT molecular complexity index is 408. The van der Waals surface area contributed by atoms with Gasteiger partial charge in [0, 0.05) is 31.2 Å². The molecule has 0 spiro atoms. The Morgan fingerprint density at radius 2 is 2.17 bits per heavy atom. The van der Waals surface area contributed by atoms with Crippen molar-refractivity contribution in [3.8, 4) is 0 Å². The average molecular weight is 250 g/mol. The van der Waals surface area contributed by atoms with Crippen molar-refractivity contribution in [3.63, 3.8) is 0 Å². The molecule has 1 aliphatic rings. The molecular weight excluding hydrogens is 224 g/mol. The minimum Gasteiger partial charge on any atom is -0.354 e. The molecule has 0 aromatic carbocycles. The highest BCUT2D eigenvalue weighted by Crippen LogP contribution is 2.30. The van der Waals surface area contributed by atoms with E-state index in [0.29, 0.717) is 6.04 Å². The lowest BCUT2D eigenvalue weighted by Gasteiger charge is -2.36. The maximum absolute atomic E-state index is 5.98. The molecule has 0 radical (unpaired) electrons. The standard InChI is InChI=1S/C14H26N4/c1-10(15)9-13-12(3)16-17(4)14(13)18-8-6-5-7-11(18)2/h10-11H,5-9,15H2,1-4H3. The van der Waals surface area contributed by atoms with Gasteiger partial charge in [-0.1, -0.05) is 0 Å². The van der Waals surface area contributed by atoms with Crippen LogP contribution in [0.25, 0.3) is 0 Å². The molecule has 0 amide bonds. The summed E-state index contributed by atoms with van der Waals surface area (Å²) in [6, 6.07) is 0.798. The number of aryl methyl sites for hydroxylation is 2. The van der Waals surface area contributed by atoms with Gasteiger partial charge in [0.15, 0.2) is 0 Å². The zero-order valence-corrected chi connectivity index (χ0v) is 12.1. The molecule has 1 saturated heterocycles. The van der Waals surface area contributed by atoms with Crippen LogP contribution in [0.1, 0.15) is 44.4 Å². The number of aromatic nitrogens is 2. The van der Waals surface area contributed by atoms with E-state index in [9.17, 15) is 0 Å². The van der Waals surface area contributed by atoms with E-state index < -0.39 is 0 Å². The topological polar surface area (TPSA) is 47.1 Å². The first kappa shape index (κ1) is 13.4. The first-order chi connectivity index (χ1) is 8.50. The molecule has 2 heterocycles. The van der Waals surface area contributed by atoms with Crippen molar-refractivity contribution in [1.29, 1.82) is 0 Å². The second kappa shape index (κ2) is 5.31. The summed E-state index contributed by atoms with van der Waals surface area (Å²) in [4.78, 5) is 2.52. The summed E-state index contributed by atoms with van der Waals surface area (Å²) >= 11 is 0. The van der Waals surface area contributed by atoms with Crippen molar-refractivity contribution in [3.05, 3.63) is 11.3 Å². The highest BCUT2D eigenvalue weighted by Gasteiger charge is 2.25. The summed E-state index contributed by atoms with van der Waals surface area (Å²) < 4.78 is 2.04. The molecule has 1 aromatic heterocycles. The minimum absolute atomic E-state index is 0.187. The summed E-state index contributed by atoms with van der Waals surface area (Å²) in [6.45, 7) is 7.62. The average Bonchev–Trinajstić information content (AvgIpc) is 2.55. The predicted octanol–water partition coefficient (Wildman–Crippen LogP) is 2.00. The molecule has 2 rings (SSSR count). The van der Waals surface area contributed by atoms with Gasteiger partial charge in [0.1, 0.15) is 5.82 Å². The van der Waals surface area contributed by atoms with Crippen molar-refractivity contribution in [1.82, 2.24) is 9.78 Å². The maximum Gasteiger partial charge on any atom is 0.130 e. The van der Waals surface area contributed by atoms with Crippen LogP contribution in [0.3, 0.4) is 0 Å². The smallest absolute Gasteiger partial charge is 0.130 e. The third-order valence-corrected chi connectivity index (χ3v) is 3.91. The van der Waals surface area contributed by atoms with Crippen LogP contribution in [0.15, 0.2) is 0 Å². The monoisotopic (exact) mass is 250 g/mol. The van der Waals surface area contributed by atoms with Gasteiger partial charge in [0.25, 0.3) is 0 Å². The molecule has 18 heavy (non-hydrogen) atoms. The zero-order valence-electron chi connectivity index (χ0n) is 12.1. The number of hydrogen-bond donors (Lipinski definition) is 1. The Morgan fingerprint density at radius 1 is 1.44 bits per heavy atom. The number of nitrogens with zero attached hydrogens (tertiary/aromatic N) is 3. The second-order valence-corrected chi connectivity index (χ2v) is 5.73. The number of anilines is 1. The van der Waals surface area contributed by atoms with E-state index in [1.807, 2.05) is 11.7 Å². The molecule has 0 aliphatic carbocycles. The maximum atomic E-state index is 5.98. The van der Waals surface area contributed by atoms with Crippen molar-refractivity contribution >= 4 is 5.82 Å². The Labute approximate surface area is 110 Å². The van der Waals surface area contributed by atoms with Crippen molar-refractivity contribution < 1.29 is 0 Å². The first-order valence-electron chi connectivity index (χ1n) is 7.05. The molecule has 4 heteroatoms. The fourth-order valence-corrected chi connectivity index (χ4v) is 3.02. The molecule has 2 unspecified atom stereocenters. The van der Waals surface area contributed by atoms with E-state index in [2.05, 4.69) is 30.8 Å². The van der Waals surface area contributed by atoms with Gasteiger partial charge in [0.05, 0.1) is 5.69 Å². The van der Waals surface area contributed by atoms with Gasteiger partial charge < -0.3 is 10.6 Å². The molecule has 2 N–H and O–H groups in total. The fraction of sp³-hybridized carbons (Fsp3) is 0.786. The number of rotatable bonds is 3. The fourth-order valence-electron chi connectivity index (χ4n) is 3.02. The second-order valence-electron chi connectivity index (χ2n) is 5.73. The van der Waals surface area contributed by atoms with Gasteiger partial charge in [0.2, 0.25) is 0 Å². The van der Waals surface area contributed by atoms with Crippen molar-refractivity contribution in [2.45, 2.75) is 58.5 Å². The van der Waals surface area contributed by atoms with Gasteiger partial charge in [-0.3, -0.25) is 4.68 Å². The summed E-state index contributed by atoms with van der Waals surface area (Å²) in [5, 5.41) is 4.59. The Morgan fingerprint density at radius 3 is 2.78 bits per heavy atom. The lowest BCUT2D eigenvalue weighted by atomic mass is 10.0. The quantitative estimate of drug-likeness (QED) is 0.892. The number of piperidine rings is 1. The number of nitrogens with two attached hydrogens (primary N) is 1. The van der Waals surface area contributed by atoms with Crippen LogP contribution in [0.2, 0.25) is 0 Å². The van der Waals surface area contributed by atoms with Gasteiger partial charge in [-0.05, 0) is 46.5 Å². The molecule has 1 fully saturated rings. The van der Waals surface area contributed by atoms with Gasteiger partial charge >= 0.3 is 0 Å². The van der Waals surface area contributed by atoms with E-state index in [1.165, 1.54) is 30.6 Å². The number of hydrogen-bond acceptors (Lipinski definition) is 3. The highest BCUT2D eigenvalue weighted by molar-refractivity contribution is 5.51. The molecule has 2 atom stereocenters. The van der Waals surface area contributed by atoms with E-state index in [1.54, 1.807) is 0 Å². The van der Waals surface area contributed by atoms with Crippen LogP contribution in [0.5, 0.6) is 0 Å². The van der Waals surface area contributed by atoms with E-state index in [0.717, 1.165) is 18.7 Å². The normalized spacial score (nSPS) is 22.3. The van der Waals surface area contributed by atoms with Crippen LogP contribution < -0.4 is 10.6 Å². The molecule has 0 saturated carbocycles. The Kier molecular flexibility index (Phi) is 3.95. The lowest BCUT2D eigenvalue weighted by molar-refractivity contribution is 0.472. The molecule has 1 aliphatic heterocycles. The zero-order chi connectivity index (χ0) is 13.3. The Balaban J connectivity index is 2.35. The van der Waals surface area contributed by atoms with Crippen LogP contribution in [0.4, 0.5) is 5.82 Å².